The zero-order chi connectivity index (χ0) is 18.5. The maximum atomic E-state index is 11.3. The van der Waals surface area contributed by atoms with Gasteiger partial charge in [-0.05, 0) is 18.1 Å². The van der Waals surface area contributed by atoms with Crippen molar-refractivity contribution < 1.29 is 19.5 Å². The van der Waals surface area contributed by atoms with Gasteiger partial charge in [0.25, 0.3) is 0 Å². The van der Waals surface area contributed by atoms with Crippen molar-refractivity contribution in [1.29, 1.82) is 0 Å². The summed E-state index contributed by atoms with van der Waals surface area (Å²) in [6.45, 7) is 1.73. The minimum Gasteiger partial charge on any atom is -0.465 e. The van der Waals surface area contributed by atoms with Crippen molar-refractivity contribution in [3.05, 3.63) is 83.4 Å². The van der Waals surface area contributed by atoms with Crippen LogP contribution in [0.15, 0.2) is 59.1 Å². The van der Waals surface area contributed by atoms with Gasteiger partial charge < -0.3 is 20.1 Å². The van der Waals surface area contributed by atoms with E-state index in [0.29, 0.717) is 17.0 Å². The van der Waals surface area contributed by atoms with Gasteiger partial charge in [-0.2, -0.15) is 0 Å². The molecule has 0 fully saturated rings. The van der Waals surface area contributed by atoms with Crippen molar-refractivity contribution in [2.75, 3.05) is 0 Å². The highest BCUT2D eigenvalue weighted by Gasteiger charge is 2.25. The van der Waals surface area contributed by atoms with Gasteiger partial charge in [-0.15, -0.1) is 0 Å². The number of nitrogens with one attached hydrogen (secondary N) is 1. The van der Waals surface area contributed by atoms with Crippen LogP contribution in [0.5, 0.6) is 0 Å². The number of aromatic nitrogens is 1. The maximum Gasteiger partial charge on any atom is 0.405 e. The highest BCUT2D eigenvalue weighted by atomic mass is 16.5. The minimum absolute atomic E-state index is 0.0481. The number of aryl methyl sites for hydroxylation is 1. The van der Waals surface area contributed by atoms with E-state index in [1.165, 1.54) is 0 Å². The molecule has 6 heteroatoms. The van der Waals surface area contributed by atoms with Crippen LogP contribution in [0.2, 0.25) is 0 Å². The van der Waals surface area contributed by atoms with E-state index in [-0.39, 0.29) is 6.61 Å². The largest absolute Gasteiger partial charge is 0.465 e. The second kappa shape index (κ2) is 7.84. The molecular formula is C20H19N2O4. The van der Waals surface area contributed by atoms with Gasteiger partial charge in [0.1, 0.15) is 0 Å². The molecule has 0 saturated heterocycles. The Hall–Kier alpha value is -3.12. The fourth-order valence-electron chi connectivity index (χ4n) is 2.80. The van der Waals surface area contributed by atoms with Gasteiger partial charge in [0.2, 0.25) is 0 Å². The third kappa shape index (κ3) is 3.92. The third-order valence-electron chi connectivity index (χ3n) is 4.06. The molecule has 0 unspecified atom stereocenters. The van der Waals surface area contributed by atoms with Crippen molar-refractivity contribution in [2.45, 2.75) is 19.6 Å². The van der Waals surface area contributed by atoms with E-state index in [2.05, 4.69) is 10.5 Å². The molecule has 1 heterocycles. The summed E-state index contributed by atoms with van der Waals surface area (Å²) in [5.74, 6) is 0.498. The van der Waals surface area contributed by atoms with Gasteiger partial charge in [0, 0.05) is 17.5 Å². The quantitative estimate of drug-likeness (QED) is 0.629. The van der Waals surface area contributed by atoms with E-state index < -0.39 is 12.1 Å². The topological polar surface area (TPSA) is 95.6 Å². The lowest BCUT2D eigenvalue weighted by Gasteiger charge is -2.17. The van der Waals surface area contributed by atoms with Crippen LogP contribution >= 0.6 is 0 Å². The molecule has 133 valence electrons. The molecule has 1 amide bonds. The van der Waals surface area contributed by atoms with Crippen LogP contribution in [0.25, 0.3) is 11.3 Å². The summed E-state index contributed by atoms with van der Waals surface area (Å²) < 4.78 is 5.49. The van der Waals surface area contributed by atoms with Crippen molar-refractivity contribution in [3.63, 3.8) is 0 Å². The average Bonchev–Trinajstić information content (AvgIpc) is 3.03. The van der Waals surface area contributed by atoms with Gasteiger partial charge in [-0.3, -0.25) is 0 Å². The maximum absolute atomic E-state index is 11.3. The molecule has 3 aromatic rings. The van der Waals surface area contributed by atoms with Crippen LogP contribution in [-0.2, 0) is 6.61 Å². The number of rotatable bonds is 6. The predicted octanol–water partition coefficient (Wildman–Crippen LogP) is 3.70. The molecule has 3 rings (SSSR count). The van der Waals surface area contributed by atoms with Gasteiger partial charge in [-0.25, -0.2) is 4.79 Å². The molecular weight excluding hydrogens is 332 g/mol. The third-order valence-corrected chi connectivity index (χ3v) is 4.06. The fraction of sp³-hybridized carbons (Fsp3) is 0.150. The number of hydrogen-bond acceptors (Lipinski definition) is 4. The smallest absolute Gasteiger partial charge is 0.405 e. The Kier molecular flexibility index (Phi) is 5.34. The number of aliphatic hydroxyl groups is 1. The Morgan fingerprint density at radius 2 is 1.88 bits per heavy atom. The average molecular weight is 351 g/mol. The van der Waals surface area contributed by atoms with E-state index in [4.69, 9.17) is 4.52 Å². The number of carboxylic acid groups (broad SMARTS) is 1. The summed E-state index contributed by atoms with van der Waals surface area (Å²) >= 11 is 0. The highest BCUT2D eigenvalue weighted by molar-refractivity contribution is 5.69. The minimum atomic E-state index is -1.13. The standard InChI is InChI=1S/C20H19N2O4/c1-13-18(17(21-20(24)25)11-14-5-3-2-4-6-14)19(26-22-13)16-9-7-15(12-23)8-10-16/h2-11,17,21,23H,12H2,1H3,(H,24,25)/t17-/m1/s1. The molecule has 0 aliphatic rings. The first-order valence-corrected chi connectivity index (χ1v) is 8.14. The Morgan fingerprint density at radius 1 is 1.19 bits per heavy atom. The van der Waals surface area contributed by atoms with Crippen LogP contribution in [0.3, 0.4) is 0 Å². The number of hydrogen-bond donors (Lipinski definition) is 3. The monoisotopic (exact) mass is 351 g/mol. The molecule has 0 bridgehead atoms. The Morgan fingerprint density at radius 3 is 2.50 bits per heavy atom. The van der Waals surface area contributed by atoms with Crippen LogP contribution in [0.4, 0.5) is 4.79 Å². The summed E-state index contributed by atoms with van der Waals surface area (Å²) in [5, 5.41) is 25.0. The van der Waals surface area contributed by atoms with E-state index in [9.17, 15) is 15.0 Å². The highest BCUT2D eigenvalue weighted by Crippen LogP contribution is 2.33. The number of aliphatic hydroxyl groups excluding tert-OH is 1. The summed E-state index contributed by atoms with van der Waals surface area (Å²) in [7, 11) is 0. The van der Waals surface area contributed by atoms with Crippen molar-refractivity contribution in [3.8, 4) is 11.3 Å². The summed E-state index contributed by atoms with van der Waals surface area (Å²) in [4.78, 5) is 11.3. The Bertz CT molecular complexity index is 873. The Balaban J connectivity index is 2.00. The van der Waals surface area contributed by atoms with Gasteiger partial charge in [0.05, 0.1) is 18.3 Å². The molecule has 0 aliphatic heterocycles. The van der Waals surface area contributed by atoms with Crippen molar-refractivity contribution >= 4 is 6.09 Å². The lowest BCUT2D eigenvalue weighted by molar-refractivity contribution is 0.191. The van der Waals surface area contributed by atoms with Gasteiger partial charge in [0.15, 0.2) is 5.76 Å². The molecule has 0 aliphatic carbocycles. The van der Waals surface area contributed by atoms with Gasteiger partial charge in [-0.1, -0.05) is 59.8 Å². The number of amides is 1. The molecule has 6 nitrogen and oxygen atoms in total. The molecule has 1 radical (unpaired) electrons. The normalized spacial score (nSPS) is 11.9. The molecule has 0 saturated carbocycles. The van der Waals surface area contributed by atoms with Crippen molar-refractivity contribution in [2.24, 2.45) is 0 Å². The molecule has 0 spiro atoms. The second-order valence-corrected chi connectivity index (χ2v) is 5.87. The summed E-state index contributed by atoms with van der Waals surface area (Å²) in [5.41, 5.74) is 3.69. The summed E-state index contributed by atoms with van der Waals surface area (Å²) in [6.07, 6.45) is 0.684. The second-order valence-electron chi connectivity index (χ2n) is 5.87. The van der Waals surface area contributed by atoms with E-state index in [0.717, 1.165) is 16.7 Å². The number of carbonyl (C=O) groups is 1. The Labute approximate surface area is 151 Å². The fourth-order valence-corrected chi connectivity index (χ4v) is 2.80. The lowest BCUT2D eigenvalue weighted by atomic mass is 9.95. The predicted molar refractivity (Wildman–Crippen MR) is 96.3 cm³/mol. The van der Waals surface area contributed by atoms with E-state index in [1.807, 2.05) is 48.9 Å². The van der Waals surface area contributed by atoms with E-state index >= 15 is 0 Å². The van der Waals surface area contributed by atoms with Crippen LogP contribution < -0.4 is 5.32 Å². The lowest BCUT2D eigenvalue weighted by Crippen LogP contribution is -2.28. The zero-order valence-corrected chi connectivity index (χ0v) is 14.2. The molecule has 2 aromatic carbocycles. The first-order chi connectivity index (χ1) is 12.6. The molecule has 26 heavy (non-hydrogen) atoms. The number of benzene rings is 2. The first kappa shape index (κ1) is 17.7. The molecule has 1 aromatic heterocycles. The summed E-state index contributed by atoms with van der Waals surface area (Å²) in [6, 6.07) is 16.1. The van der Waals surface area contributed by atoms with Crippen LogP contribution in [0.1, 0.15) is 28.4 Å². The zero-order valence-electron chi connectivity index (χ0n) is 14.2. The number of nitrogens with zero attached hydrogens (tertiary/aromatic N) is 1. The van der Waals surface area contributed by atoms with Gasteiger partial charge >= 0.3 is 6.09 Å². The van der Waals surface area contributed by atoms with Crippen LogP contribution in [-0.4, -0.2) is 21.5 Å². The first-order valence-electron chi connectivity index (χ1n) is 8.14. The van der Waals surface area contributed by atoms with Crippen LogP contribution in [0, 0.1) is 13.3 Å². The molecule has 3 N–H and O–H groups in total. The van der Waals surface area contributed by atoms with Crippen molar-refractivity contribution in [1.82, 2.24) is 10.5 Å². The SMILES string of the molecule is Cc1noc(-c2ccc(CO)cc2)c1[C@@H]([CH]c1ccccc1)NC(=O)O. The van der Waals surface area contributed by atoms with E-state index in [1.54, 1.807) is 19.1 Å². The molecule has 1 atom stereocenters.